The number of carbonyl (C=O) groups is 2. The molecule has 0 unspecified atom stereocenters. The average Bonchev–Trinajstić information content (AvgIpc) is 3.28. The molecule has 156 valence electrons. The second-order valence-electron chi connectivity index (χ2n) is 6.80. The van der Waals surface area contributed by atoms with Crippen molar-refractivity contribution >= 4 is 33.3 Å². The Hall–Kier alpha value is -2.72. The van der Waals surface area contributed by atoms with E-state index in [-0.39, 0.29) is 29.7 Å². The van der Waals surface area contributed by atoms with Crippen LogP contribution in [0.1, 0.15) is 26.0 Å². The van der Waals surface area contributed by atoms with Gasteiger partial charge in [0.25, 0.3) is 0 Å². The number of aromatic nitrogens is 1. The molecule has 1 aromatic heterocycles. The van der Waals surface area contributed by atoms with Gasteiger partial charge in [0.1, 0.15) is 5.76 Å². The fourth-order valence-corrected chi connectivity index (χ4v) is 4.75. The molecule has 9 nitrogen and oxygen atoms in total. The van der Waals surface area contributed by atoms with Gasteiger partial charge in [0.15, 0.2) is 5.82 Å². The van der Waals surface area contributed by atoms with Crippen LogP contribution in [0.3, 0.4) is 0 Å². The van der Waals surface area contributed by atoms with Crippen molar-refractivity contribution in [1.82, 2.24) is 9.46 Å². The van der Waals surface area contributed by atoms with Crippen LogP contribution in [0, 0.1) is 12.8 Å². The first-order valence-corrected chi connectivity index (χ1v) is 10.8. The van der Waals surface area contributed by atoms with Crippen molar-refractivity contribution in [2.45, 2.75) is 32.1 Å². The summed E-state index contributed by atoms with van der Waals surface area (Å²) in [5.74, 6) is -0.150. The molecule has 1 aliphatic heterocycles. The minimum Gasteiger partial charge on any atom is -0.360 e. The highest BCUT2D eigenvalue weighted by Crippen LogP contribution is 2.27. The van der Waals surface area contributed by atoms with Crippen molar-refractivity contribution in [1.29, 1.82) is 0 Å². The van der Waals surface area contributed by atoms with Crippen molar-refractivity contribution in [2.24, 2.45) is 5.92 Å². The number of nitrogens with one attached hydrogen (secondary N) is 1. The molecule has 1 aliphatic rings. The SMILES string of the molecule is CCN(CC)S(=O)(=O)c1ccc(N2C[C@H](C(=O)Nc3cc(C)on3)CC2=O)cc1. The molecule has 0 saturated carbocycles. The second-order valence-corrected chi connectivity index (χ2v) is 8.74. The largest absolute Gasteiger partial charge is 0.360 e. The third kappa shape index (κ3) is 4.33. The highest BCUT2D eigenvalue weighted by Gasteiger charge is 2.35. The molecule has 2 amide bonds. The Labute approximate surface area is 169 Å². The summed E-state index contributed by atoms with van der Waals surface area (Å²) in [5, 5.41) is 6.36. The summed E-state index contributed by atoms with van der Waals surface area (Å²) in [5.41, 5.74) is 0.557. The van der Waals surface area contributed by atoms with Gasteiger partial charge in [-0.25, -0.2) is 8.42 Å². The first-order valence-electron chi connectivity index (χ1n) is 9.41. The van der Waals surface area contributed by atoms with Crippen molar-refractivity contribution in [3.63, 3.8) is 0 Å². The molecule has 1 saturated heterocycles. The van der Waals surface area contributed by atoms with E-state index in [0.29, 0.717) is 30.4 Å². The number of sulfonamides is 1. The molecule has 1 aromatic carbocycles. The highest BCUT2D eigenvalue weighted by atomic mass is 32.2. The molecule has 2 aromatic rings. The first kappa shape index (κ1) is 21.0. The van der Waals surface area contributed by atoms with Crippen LogP contribution in [0.2, 0.25) is 0 Å². The molecule has 3 rings (SSSR count). The molecule has 0 radical (unpaired) electrons. The predicted octanol–water partition coefficient (Wildman–Crippen LogP) is 2.01. The van der Waals surface area contributed by atoms with E-state index in [2.05, 4.69) is 10.5 Å². The Morgan fingerprint density at radius 2 is 1.93 bits per heavy atom. The minimum atomic E-state index is -3.56. The van der Waals surface area contributed by atoms with E-state index in [1.807, 2.05) is 0 Å². The van der Waals surface area contributed by atoms with Crippen molar-refractivity contribution in [3.8, 4) is 0 Å². The number of amides is 2. The maximum Gasteiger partial charge on any atom is 0.243 e. The van der Waals surface area contributed by atoms with Gasteiger partial charge in [0.05, 0.1) is 10.8 Å². The summed E-state index contributed by atoms with van der Waals surface area (Å²) in [4.78, 5) is 26.5. The Bertz CT molecular complexity index is 996. The van der Waals surface area contributed by atoms with E-state index < -0.39 is 15.9 Å². The second kappa shape index (κ2) is 8.34. The van der Waals surface area contributed by atoms with Gasteiger partial charge in [-0.05, 0) is 31.2 Å². The van der Waals surface area contributed by atoms with Crippen molar-refractivity contribution in [2.75, 3.05) is 29.9 Å². The van der Waals surface area contributed by atoms with Gasteiger partial charge in [0.2, 0.25) is 21.8 Å². The Kier molecular flexibility index (Phi) is 6.04. The van der Waals surface area contributed by atoms with Crippen LogP contribution >= 0.6 is 0 Å². The van der Waals surface area contributed by atoms with Gasteiger partial charge in [-0.1, -0.05) is 19.0 Å². The number of aryl methyl sites for hydroxylation is 1. The third-order valence-electron chi connectivity index (χ3n) is 4.87. The summed E-state index contributed by atoms with van der Waals surface area (Å²) in [6.45, 7) is 6.26. The van der Waals surface area contributed by atoms with E-state index >= 15 is 0 Å². The molecule has 10 heteroatoms. The van der Waals surface area contributed by atoms with Gasteiger partial charge < -0.3 is 14.7 Å². The topological polar surface area (TPSA) is 113 Å². The molecule has 1 atom stereocenters. The molecule has 0 bridgehead atoms. The van der Waals surface area contributed by atoms with Crippen LogP contribution in [0.15, 0.2) is 39.8 Å². The number of nitrogens with zero attached hydrogens (tertiary/aromatic N) is 3. The van der Waals surface area contributed by atoms with Gasteiger partial charge in [-0.2, -0.15) is 4.31 Å². The van der Waals surface area contributed by atoms with E-state index in [1.165, 1.54) is 21.3 Å². The lowest BCUT2D eigenvalue weighted by molar-refractivity contribution is -0.122. The molecular weight excluding hydrogens is 396 g/mol. The van der Waals surface area contributed by atoms with Crippen LogP contribution in [0.25, 0.3) is 0 Å². The molecule has 29 heavy (non-hydrogen) atoms. The number of anilines is 2. The fourth-order valence-electron chi connectivity index (χ4n) is 3.30. The average molecular weight is 420 g/mol. The summed E-state index contributed by atoms with van der Waals surface area (Å²) in [7, 11) is -3.56. The van der Waals surface area contributed by atoms with Crippen molar-refractivity contribution in [3.05, 3.63) is 36.1 Å². The zero-order valence-electron chi connectivity index (χ0n) is 16.6. The summed E-state index contributed by atoms with van der Waals surface area (Å²) in [6, 6.07) is 7.76. The van der Waals surface area contributed by atoms with Gasteiger partial charge in [-0.15, -0.1) is 0 Å². The minimum absolute atomic E-state index is 0.0716. The molecule has 1 N–H and O–H groups in total. The van der Waals surface area contributed by atoms with Crippen LogP contribution < -0.4 is 10.2 Å². The van der Waals surface area contributed by atoms with Crippen LogP contribution in [0.4, 0.5) is 11.5 Å². The Balaban J connectivity index is 1.71. The fraction of sp³-hybridized carbons (Fsp3) is 0.421. The van der Waals surface area contributed by atoms with E-state index in [0.717, 1.165) is 0 Å². The van der Waals surface area contributed by atoms with Gasteiger partial charge in [0, 0.05) is 37.8 Å². The zero-order chi connectivity index (χ0) is 21.2. The maximum absolute atomic E-state index is 12.6. The summed E-state index contributed by atoms with van der Waals surface area (Å²) in [6.07, 6.45) is 0.0716. The van der Waals surface area contributed by atoms with E-state index in [9.17, 15) is 18.0 Å². The van der Waals surface area contributed by atoms with E-state index in [4.69, 9.17) is 4.52 Å². The van der Waals surface area contributed by atoms with Crippen molar-refractivity contribution < 1.29 is 22.5 Å². The molecule has 2 heterocycles. The van der Waals surface area contributed by atoms with Gasteiger partial charge >= 0.3 is 0 Å². The van der Waals surface area contributed by atoms with Crippen LogP contribution in [-0.4, -0.2) is 49.3 Å². The standard InChI is InChI=1S/C19H24N4O5S/c1-4-22(5-2)29(26,27)16-8-6-15(7-9-16)23-12-14(11-18(23)24)19(25)20-17-10-13(3)28-21-17/h6-10,14H,4-5,11-12H2,1-3H3,(H,20,21,25)/t14-/m1/s1. The highest BCUT2D eigenvalue weighted by molar-refractivity contribution is 7.89. The number of hydrogen-bond acceptors (Lipinski definition) is 6. The lowest BCUT2D eigenvalue weighted by Gasteiger charge is -2.20. The number of benzene rings is 1. The van der Waals surface area contributed by atoms with Crippen LogP contribution in [0.5, 0.6) is 0 Å². The quantitative estimate of drug-likeness (QED) is 0.733. The van der Waals surface area contributed by atoms with Gasteiger partial charge in [-0.3, -0.25) is 9.59 Å². The Morgan fingerprint density at radius 3 is 2.48 bits per heavy atom. The first-order chi connectivity index (χ1) is 13.8. The predicted molar refractivity (Wildman–Crippen MR) is 107 cm³/mol. The lowest BCUT2D eigenvalue weighted by atomic mass is 10.1. The third-order valence-corrected chi connectivity index (χ3v) is 6.93. The molecule has 0 spiro atoms. The molecular formula is C19H24N4O5S. The summed E-state index contributed by atoms with van der Waals surface area (Å²) >= 11 is 0. The zero-order valence-corrected chi connectivity index (χ0v) is 17.4. The van der Waals surface area contributed by atoms with Crippen LogP contribution in [-0.2, 0) is 19.6 Å². The molecule has 1 fully saturated rings. The number of carbonyl (C=O) groups excluding carboxylic acids is 2. The smallest absolute Gasteiger partial charge is 0.243 e. The molecule has 0 aliphatic carbocycles. The van der Waals surface area contributed by atoms with E-state index in [1.54, 1.807) is 39.0 Å². The number of hydrogen-bond donors (Lipinski definition) is 1. The monoisotopic (exact) mass is 420 g/mol. The maximum atomic E-state index is 12.6. The Morgan fingerprint density at radius 1 is 1.28 bits per heavy atom. The summed E-state index contributed by atoms with van der Waals surface area (Å²) < 4.78 is 31.5. The lowest BCUT2D eigenvalue weighted by Crippen LogP contribution is -2.31. The number of rotatable bonds is 7. The normalized spacial score (nSPS) is 17.2.